The second-order valence-corrected chi connectivity index (χ2v) is 5.71. The van der Waals surface area contributed by atoms with E-state index in [1.54, 1.807) is 0 Å². The molecule has 1 unspecified atom stereocenters. The van der Waals surface area contributed by atoms with Gasteiger partial charge in [-0.1, -0.05) is 0 Å². The van der Waals surface area contributed by atoms with Crippen LogP contribution in [0.2, 0.25) is 0 Å². The van der Waals surface area contributed by atoms with Crippen molar-refractivity contribution in [2.45, 2.75) is 18.5 Å². The van der Waals surface area contributed by atoms with E-state index in [4.69, 9.17) is 5.73 Å². The molecular weight excluding hydrogens is 220 g/mol. The molecule has 0 saturated carbocycles. The molecule has 5 heteroatoms. The monoisotopic (exact) mass is 240 g/mol. The van der Waals surface area contributed by atoms with Crippen molar-refractivity contribution in [3.8, 4) is 0 Å². The van der Waals surface area contributed by atoms with E-state index in [-0.39, 0.29) is 5.54 Å². The fourth-order valence-electron chi connectivity index (χ4n) is 2.21. The van der Waals surface area contributed by atoms with Crippen molar-refractivity contribution in [3.05, 3.63) is 18.0 Å². The summed E-state index contributed by atoms with van der Waals surface area (Å²) < 4.78 is 1.85. The number of thioether (sulfide) groups is 1. The number of rotatable bonds is 4. The third-order valence-corrected chi connectivity index (χ3v) is 4.68. The maximum atomic E-state index is 5.95. The summed E-state index contributed by atoms with van der Waals surface area (Å²) in [4.78, 5) is 2.39. The molecule has 1 fully saturated rings. The fraction of sp³-hybridized carbons (Fsp3) is 0.727. The maximum absolute atomic E-state index is 5.95. The van der Waals surface area contributed by atoms with Crippen molar-refractivity contribution >= 4 is 11.8 Å². The Morgan fingerprint density at radius 3 is 3.00 bits per heavy atom. The van der Waals surface area contributed by atoms with Crippen molar-refractivity contribution in [3.63, 3.8) is 0 Å². The molecule has 1 aliphatic heterocycles. The van der Waals surface area contributed by atoms with Crippen molar-refractivity contribution < 1.29 is 0 Å². The third-order valence-electron chi connectivity index (χ3n) is 3.45. The van der Waals surface area contributed by atoms with Gasteiger partial charge in [0, 0.05) is 43.2 Å². The van der Waals surface area contributed by atoms with Gasteiger partial charge in [0.15, 0.2) is 0 Å². The Hall–Kier alpha value is -0.520. The molecule has 0 aromatic carbocycles. The average Bonchev–Trinajstić information content (AvgIpc) is 2.88. The van der Waals surface area contributed by atoms with Crippen molar-refractivity contribution in [1.82, 2.24) is 14.7 Å². The lowest BCUT2D eigenvalue weighted by molar-refractivity contribution is 0.143. The number of likely N-dealkylation sites (N-methyl/N-ethyl adjacent to an activating group) is 1. The smallest absolute Gasteiger partial charge is 0.0534 e. The first kappa shape index (κ1) is 12.0. The van der Waals surface area contributed by atoms with Gasteiger partial charge in [-0.2, -0.15) is 16.9 Å². The number of aromatic nitrogens is 2. The van der Waals surface area contributed by atoms with Gasteiger partial charge in [0.25, 0.3) is 0 Å². The molecule has 0 radical (unpaired) electrons. The van der Waals surface area contributed by atoms with Crippen LogP contribution in [0.4, 0.5) is 0 Å². The molecule has 1 aliphatic rings. The highest BCUT2D eigenvalue weighted by Crippen LogP contribution is 2.32. The van der Waals surface area contributed by atoms with Crippen LogP contribution in [0.3, 0.4) is 0 Å². The second kappa shape index (κ2) is 4.77. The van der Waals surface area contributed by atoms with Crippen molar-refractivity contribution in [2.75, 3.05) is 25.1 Å². The number of nitrogens with zero attached hydrogens (tertiary/aromatic N) is 3. The quantitative estimate of drug-likeness (QED) is 0.841. The minimum absolute atomic E-state index is 0.195. The van der Waals surface area contributed by atoms with Crippen LogP contribution in [0, 0.1) is 0 Å². The van der Waals surface area contributed by atoms with Crippen LogP contribution in [0.1, 0.15) is 12.0 Å². The SMILES string of the molecule is CN(Cc1cnn(C)c1)C1(CN)CCSC1. The zero-order valence-corrected chi connectivity index (χ0v) is 10.8. The predicted octanol–water partition coefficient (Wildman–Crippen LogP) is 0.686. The minimum atomic E-state index is 0.195. The zero-order valence-electron chi connectivity index (χ0n) is 10.0. The lowest BCUT2D eigenvalue weighted by Crippen LogP contribution is -2.51. The Morgan fingerprint density at radius 1 is 1.69 bits per heavy atom. The van der Waals surface area contributed by atoms with Gasteiger partial charge in [-0.15, -0.1) is 0 Å². The van der Waals surface area contributed by atoms with E-state index in [1.807, 2.05) is 29.7 Å². The summed E-state index contributed by atoms with van der Waals surface area (Å²) >= 11 is 2.01. The highest BCUT2D eigenvalue weighted by molar-refractivity contribution is 7.99. The lowest BCUT2D eigenvalue weighted by Gasteiger charge is -2.37. The molecule has 2 N–H and O–H groups in total. The van der Waals surface area contributed by atoms with Crippen molar-refractivity contribution in [2.24, 2.45) is 12.8 Å². The number of hydrogen-bond donors (Lipinski definition) is 1. The van der Waals surface area contributed by atoms with Crippen LogP contribution < -0.4 is 5.73 Å². The minimum Gasteiger partial charge on any atom is -0.329 e. The Labute approximate surface area is 101 Å². The van der Waals surface area contributed by atoms with Gasteiger partial charge in [0.05, 0.1) is 6.20 Å². The first-order chi connectivity index (χ1) is 7.66. The second-order valence-electron chi connectivity index (χ2n) is 4.61. The van der Waals surface area contributed by atoms with Crippen LogP contribution in [0.5, 0.6) is 0 Å². The molecule has 90 valence electrons. The molecule has 1 saturated heterocycles. The molecule has 2 rings (SSSR count). The largest absolute Gasteiger partial charge is 0.329 e. The highest BCUT2D eigenvalue weighted by Gasteiger charge is 2.36. The Kier molecular flexibility index (Phi) is 3.56. The predicted molar refractivity (Wildman–Crippen MR) is 68.4 cm³/mol. The molecule has 0 aliphatic carbocycles. The molecule has 1 atom stereocenters. The fourth-order valence-corrected chi connectivity index (χ4v) is 3.74. The summed E-state index contributed by atoms with van der Waals surface area (Å²) in [5.74, 6) is 2.38. The van der Waals surface area contributed by atoms with Gasteiger partial charge in [-0.05, 0) is 19.2 Å². The molecule has 0 bridgehead atoms. The molecule has 1 aromatic rings. The standard InChI is InChI=1S/C11H20N4S/c1-14(6-10-5-13-15(2)7-10)11(8-12)3-4-16-9-11/h5,7H,3-4,6,8-9,12H2,1-2H3. The zero-order chi connectivity index (χ0) is 11.6. The molecule has 2 heterocycles. The summed E-state index contributed by atoms with van der Waals surface area (Å²) in [6.07, 6.45) is 5.20. The van der Waals surface area contributed by atoms with Crippen LogP contribution in [-0.2, 0) is 13.6 Å². The van der Waals surface area contributed by atoms with Gasteiger partial charge in [0.1, 0.15) is 0 Å². The number of nitrogens with two attached hydrogens (primary N) is 1. The van der Waals surface area contributed by atoms with Crippen LogP contribution >= 0.6 is 11.8 Å². The van der Waals surface area contributed by atoms with E-state index in [1.165, 1.54) is 17.7 Å². The summed E-state index contributed by atoms with van der Waals surface area (Å²) in [7, 11) is 4.12. The average molecular weight is 240 g/mol. The molecule has 1 aromatic heterocycles. The van der Waals surface area contributed by atoms with Crippen molar-refractivity contribution in [1.29, 1.82) is 0 Å². The third kappa shape index (κ3) is 2.26. The van der Waals surface area contributed by atoms with E-state index in [9.17, 15) is 0 Å². The molecule has 0 spiro atoms. The summed E-state index contributed by atoms with van der Waals surface area (Å²) in [6, 6.07) is 0. The van der Waals surface area contributed by atoms with Gasteiger partial charge in [-0.3, -0.25) is 9.58 Å². The Bertz CT molecular complexity index is 344. The topological polar surface area (TPSA) is 47.1 Å². The normalized spacial score (nSPS) is 25.5. The summed E-state index contributed by atoms with van der Waals surface area (Å²) in [5.41, 5.74) is 7.41. The van der Waals surface area contributed by atoms with E-state index in [2.05, 4.69) is 23.2 Å². The first-order valence-electron chi connectivity index (χ1n) is 5.63. The van der Waals surface area contributed by atoms with Crippen LogP contribution in [-0.4, -0.2) is 45.3 Å². The molecule has 0 amide bonds. The van der Waals surface area contributed by atoms with Gasteiger partial charge in [-0.25, -0.2) is 0 Å². The first-order valence-corrected chi connectivity index (χ1v) is 6.78. The maximum Gasteiger partial charge on any atom is 0.0534 e. The van der Waals surface area contributed by atoms with E-state index in [0.717, 1.165) is 18.8 Å². The van der Waals surface area contributed by atoms with Gasteiger partial charge >= 0.3 is 0 Å². The molecule has 4 nitrogen and oxygen atoms in total. The highest BCUT2D eigenvalue weighted by atomic mass is 32.2. The molecular formula is C11H20N4S. The van der Waals surface area contributed by atoms with Crippen LogP contribution in [0.25, 0.3) is 0 Å². The lowest BCUT2D eigenvalue weighted by atomic mass is 9.97. The Balaban J connectivity index is 2.03. The van der Waals surface area contributed by atoms with Crippen LogP contribution in [0.15, 0.2) is 12.4 Å². The summed E-state index contributed by atoms with van der Waals surface area (Å²) in [5, 5.41) is 4.20. The number of hydrogen-bond acceptors (Lipinski definition) is 4. The van der Waals surface area contributed by atoms with E-state index in [0.29, 0.717) is 0 Å². The molecule has 16 heavy (non-hydrogen) atoms. The number of aryl methyl sites for hydroxylation is 1. The summed E-state index contributed by atoms with van der Waals surface area (Å²) in [6.45, 7) is 1.68. The van der Waals surface area contributed by atoms with Gasteiger partial charge in [0.2, 0.25) is 0 Å². The van der Waals surface area contributed by atoms with E-state index < -0.39 is 0 Å². The van der Waals surface area contributed by atoms with Gasteiger partial charge < -0.3 is 5.73 Å². The van der Waals surface area contributed by atoms with E-state index >= 15 is 0 Å². The Morgan fingerprint density at radius 2 is 2.50 bits per heavy atom.